The Balaban J connectivity index is 0.000000617. The molecule has 0 saturated heterocycles. The first-order chi connectivity index (χ1) is 22.0. The minimum Gasteiger partial charge on any atom is -0.475 e. The van der Waals surface area contributed by atoms with Gasteiger partial charge in [0.05, 0.1) is 24.4 Å². The van der Waals surface area contributed by atoms with Gasteiger partial charge in [-0.1, -0.05) is 74.4 Å². The molecule has 2 aromatic heterocycles. The van der Waals surface area contributed by atoms with Gasteiger partial charge in [-0.2, -0.15) is 13.2 Å². The lowest BCUT2D eigenvalue weighted by atomic mass is 10.0. The summed E-state index contributed by atoms with van der Waals surface area (Å²) in [4.78, 5) is 45.5. The van der Waals surface area contributed by atoms with Gasteiger partial charge >= 0.3 is 12.1 Å². The highest BCUT2D eigenvalue weighted by atomic mass is 19.4. The Labute approximate surface area is 264 Å². The lowest BCUT2D eigenvalue weighted by Crippen LogP contribution is -2.30. The molecular formula is C35H37F3N4O4. The molecule has 0 bridgehead atoms. The van der Waals surface area contributed by atoms with Crippen molar-refractivity contribution in [2.45, 2.75) is 71.0 Å². The summed E-state index contributed by atoms with van der Waals surface area (Å²) in [5.74, 6) is -1.73. The number of carboxylic acid groups (broad SMARTS) is 1. The number of fused-ring (bicyclic) bond motifs is 2. The molecule has 0 saturated carbocycles. The van der Waals surface area contributed by atoms with Crippen LogP contribution in [-0.4, -0.2) is 43.9 Å². The quantitative estimate of drug-likeness (QED) is 0.104. The molecule has 0 aliphatic carbocycles. The van der Waals surface area contributed by atoms with Crippen LogP contribution in [-0.2, 0) is 20.8 Å². The number of para-hydroxylation sites is 1. The van der Waals surface area contributed by atoms with E-state index < -0.39 is 12.1 Å². The molecule has 0 aliphatic heterocycles. The van der Waals surface area contributed by atoms with Crippen molar-refractivity contribution >= 4 is 39.3 Å². The normalized spacial score (nSPS) is 12.0. The van der Waals surface area contributed by atoms with Crippen molar-refractivity contribution in [1.29, 1.82) is 0 Å². The number of unbranched alkanes of at least 4 members (excludes halogenated alkanes) is 2. The number of H-pyrrole nitrogens is 2. The molecule has 1 atom stereocenters. The van der Waals surface area contributed by atoms with Crippen molar-refractivity contribution in [2.24, 2.45) is 0 Å². The molecular weight excluding hydrogens is 597 g/mol. The number of halogens is 3. The highest BCUT2D eigenvalue weighted by Crippen LogP contribution is 2.27. The highest BCUT2D eigenvalue weighted by molar-refractivity contribution is 5.90. The Bertz CT molecular complexity index is 1810. The molecule has 1 amide bonds. The number of nitrogens with zero attached hydrogens (tertiary/aromatic N) is 1. The van der Waals surface area contributed by atoms with Crippen molar-refractivity contribution in [2.75, 3.05) is 0 Å². The van der Waals surface area contributed by atoms with E-state index in [0.29, 0.717) is 25.0 Å². The number of Topliss-reactive ketones (excluding diaryl/α,β-unsaturated/α-hetero) is 1. The number of ketones is 1. The Morgan fingerprint density at radius 1 is 0.935 bits per heavy atom. The van der Waals surface area contributed by atoms with E-state index in [1.807, 2.05) is 50.4 Å². The van der Waals surface area contributed by atoms with E-state index in [2.05, 4.69) is 51.7 Å². The Kier molecular flexibility index (Phi) is 11.3. The fourth-order valence-electron chi connectivity index (χ4n) is 5.29. The van der Waals surface area contributed by atoms with Crippen molar-refractivity contribution in [3.8, 4) is 11.3 Å². The molecule has 0 radical (unpaired) electrons. The van der Waals surface area contributed by atoms with Crippen LogP contribution >= 0.6 is 0 Å². The number of aromatic nitrogens is 3. The van der Waals surface area contributed by atoms with Gasteiger partial charge in [0.25, 0.3) is 0 Å². The van der Waals surface area contributed by atoms with Crippen LogP contribution in [0.5, 0.6) is 0 Å². The number of carbonyl (C=O) groups is 3. The lowest BCUT2D eigenvalue weighted by Gasteiger charge is -2.17. The number of alkyl halides is 3. The molecule has 242 valence electrons. The number of hydrogen-bond acceptors (Lipinski definition) is 4. The number of imidazole rings is 1. The van der Waals surface area contributed by atoms with Gasteiger partial charge in [0, 0.05) is 35.0 Å². The standard InChI is InChI=1S/C33H36N4O2.C2HF3O2/c1-3-26(38)13-5-4-6-16-30(36-32(39)20-28-22(2)35-29-15-10-9-14-27(28)29)33-34-21-31(37-33)25-18-17-23-11-7-8-12-24(23)19-25;3-2(4,5)1(6)7/h7-12,14-15,17-19,21,30,35H,3-6,13,16,20H2,1-2H3,(H,34,37)(H,36,39);(H,6,7)/t30-;/m0./s1. The van der Waals surface area contributed by atoms with Crippen LogP contribution in [0, 0.1) is 6.92 Å². The number of aryl methyl sites for hydroxylation is 1. The molecule has 2 heterocycles. The van der Waals surface area contributed by atoms with Crippen LogP contribution in [0.1, 0.15) is 68.6 Å². The maximum atomic E-state index is 13.3. The molecule has 46 heavy (non-hydrogen) atoms. The zero-order valence-corrected chi connectivity index (χ0v) is 25.7. The molecule has 0 aliphatic rings. The molecule has 0 fully saturated rings. The van der Waals surface area contributed by atoms with Crippen LogP contribution in [0.4, 0.5) is 13.2 Å². The average molecular weight is 635 g/mol. The van der Waals surface area contributed by atoms with Crippen LogP contribution in [0.25, 0.3) is 32.9 Å². The van der Waals surface area contributed by atoms with Gasteiger partial charge < -0.3 is 20.4 Å². The molecule has 5 rings (SSSR count). The highest BCUT2D eigenvalue weighted by Gasteiger charge is 2.38. The molecule has 3 aromatic carbocycles. The van der Waals surface area contributed by atoms with E-state index >= 15 is 0 Å². The first-order valence-electron chi connectivity index (χ1n) is 15.2. The van der Waals surface area contributed by atoms with Crippen molar-refractivity contribution in [1.82, 2.24) is 20.3 Å². The number of aromatic amines is 2. The van der Waals surface area contributed by atoms with Crippen molar-refractivity contribution in [3.05, 3.63) is 90.0 Å². The second-order valence-corrected chi connectivity index (χ2v) is 11.1. The number of amides is 1. The SMILES string of the molecule is CCC(=O)CCCCC[C@H](NC(=O)Cc1c(C)[nH]c2ccccc12)c1ncc(-c2ccc3ccccc3c2)[nH]1.O=C(O)C(F)(F)F. The largest absolute Gasteiger partial charge is 0.490 e. The van der Waals surface area contributed by atoms with Crippen LogP contribution in [0.3, 0.4) is 0 Å². The summed E-state index contributed by atoms with van der Waals surface area (Å²) in [5.41, 5.74) is 5.07. The lowest BCUT2D eigenvalue weighted by molar-refractivity contribution is -0.192. The number of hydrogen-bond donors (Lipinski definition) is 4. The van der Waals surface area contributed by atoms with E-state index in [4.69, 9.17) is 14.9 Å². The summed E-state index contributed by atoms with van der Waals surface area (Å²) in [6, 6.07) is 22.5. The van der Waals surface area contributed by atoms with E-state index in [0.717, 1.165) is 64.9 Å². The Morgan fingerprint density at radius 2 is 1.63 bits per heavy atom. The maximum Gasteiger partial charge on any atom is 0.490 e. The van der Waals surface area contributed by atoms with E-state index in [1.54, 1.807) is 0 Å². The van der Waals surface area contributed by atoms with Gasteiger partial charge in [0.1, 0.15) is 11.6 Å². The second-order valence-electron chi connectivity index (χ2n) is 11.1. The second kappa shape index (κ2) is 15.4. The Hall–Kier alpha value is -4.93. The summed E-state index contributed by atoms with van der Waals surface area (Å²) in [6.45, 7) is 3.92. The van der Waals surface area contributed by atoms with Gasteiger partial charge in [0.15, 0.2) is 0 Å². The maximum absolute atomic E-state index is 13.3. The monoisotopic (exact) mass is 634 g/mol. The first-order valence-corrected chi connectivity index (χ1v) is 15.2. The van der Waals surface area contributed by atoms with Crippen molar-refractivity contribution < 1.29 is 32.7 Å². The number of nitrogens with one attached hydrogen (secondary N) is 3. The summed E-state index contributed by atoms with van der Waals surface area (Å²) >= 11 is 0. The number of carbonyl (C=O) groups excluding carboxylic acids is 2. The number of carboxylic acids is 1. The number of rotatable bonds is 12. The zero-order chi connectivity index (χ0) is 33.3. The summed E-state index contributed by atoms with van der Waals surface area (Å²) in [7, 11) is 0. The summed E-state index contributed by atoms with van der Waals surface area (Å²) < 4.78 is 31.7. The van der Waals surface area contributed by atoms with E-state index in [1.165, 1.54) is 10.8 Å². The third-order valence-corrected chi connectivity index (χ3v) is 7.77. The molecule has 0 unspecified atom stereocenters. The van der Waals surface area contributed by atoms with E-state index in [-0.39, 0.29) is 11.9 Å². The Morgan fingerprint density at radius 3 is 2.35 bits per heavy atom. The fourth-order valence-corrected chi connectivity index (χ4v) is 5.29. The van der Waals surface area contributed by atoms with Gasteiger partial charge in [0.2, 0.25) is 5.91 Å². The molecule has 5 aromatic rings. The molecule has 8 nitrogen and oxygen atoms in total. The number of aliphatic carboxylic acids is 1. The topological polar surface area (TPSA) is 128 Å². The van der Waals surface area contributed by atoms with Gasteiger partial charge in [-0.05, 0) is 48.2 Å². The summed E-state index contributed by atoms with van der Waals surface area (Å²) in [5, 5.41) is 13.8. The smallest absolute Gasteiger partial charge is 0.475 e. The van der Waals surface area contributed by atoms with Gasteiger partial charge in [-0.3, -0.25) is 9.59 Å². The predicted octanol–water partition coefficient (Wildman–Crippen LogP) is 7.98. The van der Waals surface area contributed by atoms with Gasteiger partial charge in [-0.15, -0.1) is 0 Å². The van der Waals surface area contributed by atoms with Crippen LogP contribution in [0.15, 0.2) is 72.9 Å². The number of benzene rings is 3. The summed E-state index contributed by atoms with van der Waals surface area (Å²) in [6.07, 6.45) is 1.76. The molecule has 4 N–H and O–H groups in total. The molecule has 0 spiro atoms. The van der Waals surface area contributed by atoms with Crippen LogP contribution in [0.2, 0.25) is 0 Å². The van der Waals surface area contributed by atoms with E-state index in [9.17, 15) is 22.8 Å². The van der Waals surface area contributed by atoms with Crippen LogP contribution < -0.4 is 5.32 Å². The minimum absolute atomic E-state index is 0.0299. The predicted molar refractivity (Wildman–Crippen MR) is 171 cm³/mol. The van der Waals surface area contributed by atoms with Gasteiger partial charge in [-0.25, -0.2) is 9.78 Å². The van der Waals surface area contributed by atoms with Crippen molar-refractivity contribution in [3.63, 3.8) is 0 Å². The minimum atomic E-state index is -5.08. The zero-order valence-electron chi connectivity index (χ0n) is 25.7. The average Bonchev–Trinajstić information content (AvgIpc) is 3.64. The third-order valence-electron chi connectivity index (χ3n) is 7.77. The fraction of sp³-hybridized carbons (Fsp3) is 0.314. The first kappa shape index (κ1) is 34.0. The third kappa shape index (κ3) is 9.06. The molecule has 11 heteroatoms.